The van der Waals surface area contributed by atoms with Gasteiger partial charge in [0.25, 0.3) is 5.91 Å². The zero-order valence-corrected chi connectivity index (χ0v) is 11.6. The molecule has 1 fully saturated rings. The Bertz CT molecular complexity index is 436. The molecule has 1 N–H and O–H groups in total. The van der Waals surface area contributed by atoms with Crippen LogP contribution in [0.25, 0.3) is 0 Å². The van der Waals surface area contributed by atoms with E-state index in [1.54, 1.807) is 6.07 Å². The van der Waals surface area contributed by atoms with Crippen molar-refractivity contribution < 1.29 is 9.53 Å². The number of anilines is 1. The zero-order valence-electron chi connectivity index (χ0n) is 11.6. The number of nitrogens with one attached hydrogen (secondary N) is 1. The summed E-state index contributed by atoms with van der Waals surface area (Å²) >= 11 is 0. The quantitative estimate of drug-likeness (QED) is 0.903. The van der Waals surface area contributed by atoms with Gasteiger partial charge in [-0.2, -0.15) is 0 Å². The topological polar surface area (TPSA) is 54.5 Å². The lowest BCUT2D eigenvalue weighted by Crippen LogP contribution is -2.36. The second kappa shape index (κ2) is 6.52. The maximum absolute atomic E-state index is 12.4. The van der Waals surface area contributed by atoms with Crippen LogP contribution >= 0.6 is 0 Å². The maximum Gasteiger partial charge on any atom is 0.272 e. The van der Waals surface area contributed by atoms with Crippen LogP contribution in [0.2, 0.25) is 0 Å². The van der Waals surface area contributed by atoms with Gasteiger partial charge in [0.1, 0.15) is 11.5 Å². The largest absolute Gasteiger partial charge is 0.377 e. The third-order valence-electron chi connectivity index (χ3n) is 3.07. The summed E-state index contributed by atoms with van der Waals surface area (Å²) in [7, 11) is 0. The van der Waals surface area contributed by atoms with Crippen LogP contribution in [0.15, 0.2) is 18.2 Å². The summed E-state index contributed by atoms with van der Waals surface area (Å²) < 4.78 is 5.55. The van der Waals surface area contributed by atoms with Gasteiger partial charge in [-0.1, -0.05) is 6.07 Å². The molecule has 0 aromatic carbocycles. The van der Waals surface area contributed by atoms with Gasteiger partial charge in [-0.25, -0.2) is 4.98 Å². The van der Waals surface area contributed by atoms with Crippen molar-refractivity contribution in [3.05, 3.63) is 23.9 Å². The molecule has 2 heterocycles. The molecule has 1 aromatic rings. The molecular weight excluding hydrogens is 242 g/mol. The second-order valence-corrected chi connectivity index (χ2v) is 4.72. The minimum absolute atomic E-state index is 0.0166. The molecular formula is C14H21N3O2. The Labute approximate surface area is 114 Å². The van der Waals surface area contributed by atoms with Gasteiger partial charge >= 0.3 is 0 Å². The minimum atomic E-state index is -0.0166. The number of ether oxygens (including phenoxy) is 1. The minimum Gasteiger partial charge on any atom is -0.377 e. The fourth-order valence-electron chi connectivity index (χ4n) is 2.17. The smallest absolute Gasteiger partial charge is 0.272 e. The first-order valence-electron chi connectivity index (χ1n) is 6.82. The van der Waals surface area contributed by atoms with Crippen molar-refractivity contribution in [1.82, 2.24) is 9.88 Å². The van der Waals surface area contributed by atoms with E-state index in [1.807, 2.05) is 30.9 Å². The van der Waals surface area contributed by atoms with Gasteiger partial charge in [0.2, 0.25) is 0 Å². The van der Waals surface area contributed by atoms with Crippen LogP contribution in [0.5, 0.6) is 0 Å². The van der Waals surface area contributed by atoms with Gasteiger partial charge in [0, 0.05) is 26.2 Å². The Morgan fingerprint density at radius 2 is 2.42 bits per heavy atom. The third kappa shape index (κ3) is 3.67. The molecule has 5 heteroatoms. The Morgan fingerprint density at radius 1 is 1.58 bits per heavy atom. The van der Waals surface area contributed by atoms with E-state index < -0.39 is 0 Å². The zero-order chi connectivity index (χ0) is 13.7. The first kappa shape index (κ1) is 13.8. The molecule has 1 aromatic heterocycles. The summed E-state index contributed by atoms with van der Waals surface area (Å²) in [4.78, 5) is 18.6. The predicted octanol–water partition coefficient (Wildman–Crippen LogP) is 1.76. The van der Waals surface area contributed by atoms with Crippen LogP contribution in [0, 0.1) is 0 Å². The number of rotatable bonds is 3. The normalized spacial score (nSPS) is 19.9. The van der Waals surface area contributed by atoms with E-state index in [1.165, 1.54) is 0 Å². The number of carbonyl (C=O) groups excluding carboxylic acids is 1. The molecule has 1 amide bonds. The average molecular weight is 263 g/mol. The van der Waals surface area contributed by atoms with Crippen LogP contribution in [-0.2, 0) is 4.74 Å². The second-order valence-electron chi connectivity index (χ2n) is 4.72. The molecule has 0 saturated carbocycles. The summed E-state index contributed by atoms with van der Waals surface area (Å²) in [6.07, 6.45) is 0.964. The highest BCUT2D eigenvalue weighted by Gasteiger charge is 2.21. The van der Waals surface area contributed by atoms with Gasteiger partial charge in [0.05, 0.1) is 6.10 Å². The summed E-state index contributed by atoms with van der Waals surface area (Å²) in [5, 5.41) is 3.12. The molecule has 0 aliphatic carbocycles. The number of aromatic nitrogens is 1. The van der Waals surface area contributed by atoms with Crippen molar-refractivity contribution in [3.8, 4) is 0 Å². The fourth-order valence-corrected chi connectivity index (χ4v) is 2.17. The third-order valence-corrected chi connectivity index (χ3v) is 3.07. The molecule has 1 saturated heterocycles. The molecule has 1 unspecified atom stereocenters. The van der Waals surface area contributed by atoms with Gasteiger partial charge in [-0.15, -0.1) is 0 Å². The van der Waals surface area contributed by atoms with Crippen LogP contribution in [0.3, 0.4) is 0 Å². The average Bonchev–Trinajstić information content (AvgIpc) is 2.63. The lowest BCUT2D eigenvalue weighted by molar-refractivity contribution is 0.0559. The van der Waals surface area contributed by atoms with E-state index in [0.717, 1.165) is 31.9 Å². The molecule has 1 atom stereocenters. The standard InChI is InChI=1S/C14H21N3O2/c1-3-15-13-7-4-6-12(16-13)14(18)17-8-5-9-19-11(2)10-17/h4,6-7,11H,3,5,8-10H2,1-2H3,(H,15,16). The molecule has 2 rings (SSSR count). The molecule has 0 radical (unpaired) electrons. The van der Waals surface area contributed by atoms with E-state index in [4.69, 9.17) is 4.74 Å². The summed E-state index contributed by atoms with van der Waals surface area (Å²) in [6.45, 7) is 6.87. The number of pyridine rings is 1. The van der Waals surface area contributed by atoms with Crippen molar-refractivity contribution in [1.29, 1.82) is 0 Å². The highest BCUT2D eigenvalue weighted by atomic mass is 16.5. The van der Waals surface area contributed by atoms with Crippen LogP contribution in [-0.4, -0.2) is 48.1 Å². The van der Waals surface area contributed by atoms with Gasteiger partial charge < -0.3 is 15.0 Å². The monoisotopic (exact) mass is 263 g/mol. The Kier molecular flexibility index (Phi) is 4.74. The Balaban J connectivity index is 2.11. The lowest BCUT2D eigenvalue weighted by Gasteiger charge is -2.21. The molecule has 5 nitrogen and oxygen atoms in total. The van der Waals surface area contributed by atoms with Crippen molar-refractivity contribution in [2.75, 3.05) is 31.6 Å². The van der Waals surface area contributed by atoms with E-state index in [2.05, 4.69) is 10.3 Å². The van der Waals surface area contributed by atoms with Crippen molar-refractivity contribution in [2.45, 2.75) is 26.4 Å². The number of hydrogen-bond acceptors (Lipinski definition) is 4. The van der Waals surface area contributed by atoms with E-state index in [0.29, 0.717) is 12.2 Å². The summed E-state index contributed by atoms with van der Waals surface area (Å²) in [5.41, 5.74) is 0.493. The molecule has 1 aliphatic heterocycles. The van der Waals surface area contributed by atoms with E-state index in [9.17, 15) is 4.79 Å². The molecule has 1 aliphatic rings. The number of carbonyl (C=O) groups is 1. The predicted molar refractivity (Wildman–Crippen MR) is 74.3 cm³/mol. The van der Waals surface area contributed by atoms with Gasteiger partial charge in [0.15, 0.2) is 0 Å². The summed E-state index contributed by atoms with van der Waals surface area (Å²) in [6, 6.07) is 5.49. The molecule has 104 valence electrons. The van der Waals surface area contributed by atoms with E-state index in [-0.39, 0.29) is 12.0 Å². The highest BCUT2D eigenvalue weighted by Crippen LogP contribution is 2.11. The summed E-state index contributed by atoms with van der Waals surface area (Å²) in [5.74, 6) is 0.726. The fraction of sp³-hybridized carbons (Fsp3) is 0.571. The van der Waals surface area contributed by atoms with Crippen molar-refractivity contribution >= 4 is 11.7 Å². The van der Waals surface area contributed by atoms with Gasteiger partial charge in [-0.3, -0.25) is 4.79 Å². The van der Waals surface area contributed by atoms with Gasteiger partial charge in [-0.05, 0) is 32.4 Å². The first-order valence-corrected chi connectivity index (χ1v) is 6.82. The molecule has 0 bridgehead atoms. The SMILES string of the molecule is CCNc1cccc(C(=O)N2CCCOC(C)C2)n1. The Hall–Kier alpha value is -1.62. The Morgan fingerprint density at radius 3 is 3.21 bits per heavy atom. The maximum atomic E-state index is 12.4. The van der Waals surface area contributed by atoms with E-state index >= 15 is 0 Å². The van der Waals surface area contributed by atoms with Crippen LogP contribution in [0.4, 0.5) is 5.82 Å². The number of amides is 1. The molecule has 0 spiro atoms. The highest BCUT2D eigenvalue weighted by molar-refractivity contribution is 5.92. The number of nitrogens with zero attached hydrogens (tertiary/aromatic N) is 2. The molecule has 19 heavy (non-hydrogen) atoms. The number of hydrogen-bond donors (Lipinski definition) is 1. The van der Waals surface area contributed by atoms with Crippen LogP contribution < -0.4 is 5.32 Å². The van der Waals surface area contributed by atoms with Crippen molar-refractivity contribution in [2.24, 2.45) is 0 Å². The van der Waals surface area contributed by atoms with Crippen molar-refractivity contribution in [3.63, 3.8) is 0 Å². The van der Waals surface area contributed by atoms with Crippen LogP contribution in [0.1, 0.15) is 30.8 Å². The lowest BCUT2D eigenvalue weighted by atomic mass is 10.2. The first-order chi connectivity index (χ1) is 9.20.